The summed E-state index contributed by atoms with van der Waals surface area (Å²) in [5.41, 5.74) is 2.55. The highest BCUT2D eigenvalue weighted by molar-refractivity contribution is 5.98. The molecule has 0 aliphatic rings. The Morgan fingerprint density at radius 1 is 1.03 bits per heavy atom. The highest BCUT2D eigenvalue weighted by Gasteiger charge is 2.12. The van der Waals surface area contributed by atoms with Gasteiger partial charge in [-0.05, 0) is 41.0 Å². The van der Waals surface area contributed by atoms with E-state index in [1.165, 1.54) is 10.4 Å². The molecular formula is C22H24N4O4. The van der Waals surface area contributed by atoms with E-state index in [1.807, 2.05) is 24.3 Å². The third kappa shape index (κ3) is 5.50. The number of ether oxygens (including phenoxy) is 2. The van der Waals surface area contributed by atoms with Crippen LogP contribution in [0.15, 0.2) is 48.5 Å². The van der Waals surface area contributed by atoms with E-state index in [0.29, 0.717) is 23.1 Å². The number of hydrogen-bond donors (Lipinski definition) is 0. The van der Waals surface area contributed by atoms with Crippen LogP contribution in [0.2, 0.25) is 0 Å². The van der Waals surface area contributed by atoms with Crippen molar-refractivity contribution < 1.29 is 19.1 Å². The fourth-order valence-electron chi connectivity index (χ4n) is 2.74. The van der Waals surface area contributed by atoms with E-state index in [9.17, 15) is 9.59 Å². The maximum atomic E-state index is 12.1. The minimum atomic E-state index is -0.503. The zero-order valence-corrected chi connectivity index (χ0v) is 17.2. The summed E-state index contributed by atoms with van der Waals surface area (Å²) in [5.74, 6) is 0.812. The molecule has 0 amide bonds. The minimum Gasteiger partial charge on any atom is -0.497 e. The fourth-order valence-corrected chi connectivity index (χ4v) is 2.74. The largest absolute Gasteiger partial charge is 0.497 e. The number of carbonyl (C=O) groups excluding carboxylic acids is 2. The van der Waals surface area contributed by atoms with Crippen molar-refractivity contribution in [1.82, 2.24) is 20.2 Å². The summed E-state index contributed by atoms with van der Waals surface area (Å²) in [5, 5.41) is 12.3. The highest BCUT2D eigenvalue weighted by Crippen LogP contribution is 2.19. The number of esters is 1. The summed E-state index contributed by atoms with van der Waals surface area (Å²) in [4.78, 5) is 25.4. The number of Topliss-reactive ketones (excluding diaryl/α,β-unsaturated/α-hetero) is 1. The molecule has 0 fully saturated rings. The molecule has 0 atom stereocenters. The molecule has 1 aromatic heterocycles. The third-order valence-electron chi connectivity index (χ3n) is 4.58. The van der Waals surface area contributed by atoms with Gasteiger partial charge in [-0.25, -0.2) is 0 Å². The highest BCUT2D eigenvalue weighted by atomic mass is 16.5. The Morgan fingerprint density at radius 2 is 1.73 bits per heavy atom. The Labute approximate surface area is 174 Å². The zero-order valence-electron chi connectivity index (χ0n) is 17.2. The molecule has 0 aliphatic heterocycles. The van der Waals surface area contributed by atoms with Crippen molar-refractivity contribution in [3.05, 3.63) is 59.7 Å². The van der Waals surface area contributed by atoms with Crippen molar-refractivity contribution in [1.29, 1.82) is 0 Å². The number of rotatable bonds is 9. The number of carbonyl (C=O) groups is 2. The van der Waals surface area contributed by atoms with Crippen LogP contribution < -0.4 is 4.74 Å². The van der Waals surface area contributed by atoms with E-state index in [1.54, 1.807) is 31.4 Å². The molecule has 0 aliphatic carbocycles. The number of aryl methyl sites for hydroxylation is 1. The van der Waals surface area contributed by atoms with E-state index >= 15 is 0 Å². The number of tetrazole rings is 1. The minimum absolute atomic E-state index is 0.0397. The van der Waals surface area contributed by atoms with Crippen molar-refractivity contribution in [3.63, 3.8) is 0 Å². The average Bonchev–Trinajstić information content (AvgIpc) is 3.25. The lowest BCUT2D eigenvalue weighted by Gasteiger charge is -2.05. The van der Waals surface area contributed by atoms with Crippen LogP contribution in [0.3, 0.4) is 0 Å². The predicted octanol–water partition coefficient (Wildman–Crippen LogP) is 3.29. The smallest absolute Gasteiger partial charge is 0.308 e. The molecule has 3 aromatic rings. The van der Waals surface area contributed by atoms with Gasteiger partial charge in [-0.2, -0.15) is 4.80 Å². The van der Waals surface area contributed by atoms with Gasteiger partial charge in [0.05, 0.1) is 20.1 Å². The maximum absolute atomic E-state index is 12.1. The van der Waals surface area contributed by atoms with Crippen molar-refractivity contribution in [2.45, 2.75) is 32.7 Å². The molecule has 30 heavy (non-hydrogen) atoms. The van der Waals surface area contributed by atoms with Crippen LogP contribution in [0.5, 0.6) is 5.75 Å². The fraction of sp³-hybridized carbons (Fsp3) is 0.318. The van der Waals surface area contributed by atoms with Gasteiger partial charge < -0.3 is 9.47 Å². The lowest BCUT2D eigenvalue weighted by molar-refractivity contribution is -0.142. The van der Waals surface area contributed by atoms with Crippen LogP contribution in [0.1, 0.15) is 42.1 Å². The molecule has 1 heterocycles. The number of aromatic nitrogens is 4. The number of nitrogens with zero attached hydrogens (tertiary/aromatic N) is 4. The molecule has 0 unspecified atom stereocenters. The first-order valence-electron chi connectivity index (χ1n) is 9.67. The van der Waals surface area contributed by atoms with Crippen molar-refractivity contribution in [3.8, 4) is 17.1 Å². The van der Waals surface area contributed by atoms with E-state index in [4.69, 9.17) is 9.47 Å². The molecule has 0 spiro atoms. The predicted molar refractivity (Wildman–Crippen MR) is 110 cm³/mol. The molecular weight excluding hydrogens is 384 g/mol. The second kappa shape index (κ2) is 9.78. The molecule has 2 aromatic carbocycles. The van der Waals surface area contributed by atoms with Gasteiger partial charge in [-0.1, -0.05) is 38.1 Å². The summed E-state index contributed by atoms with van der Waals surface area (Å²) in [6.45, 7) is 4.16. The van der Waals surface area contributed by atoms with E-state index < -0.39 is 5.97 Å². The molecule has 8 nitrogen and oxygen atoms in total. The molecule has 8 heteroatoms. The lowest BCUT2D eigenvalue weighted by Crippen LogP contribution is -2.16. The molecule has 0 radical (unpaired) electrons. The molecule has 156 valence electrons. The van der Waals surface area contributed by atoms with Gasteiger partial charge in [0.15, 0.2) is 12.4 Å². The third-order valence-corrected chi connectivity index (χ3v) is 4.58. The Kier molecular flexibility index (Phi) is 6.90. The van der Waals surface area contributed by atoms with Crippen LogP contribution in [0, 0.1) is 0 Å². The number of methoxy groups -OCH3 is 1. The van der Waals surface area contributed by atoms with Crippen LogP contribution in [0.25, 0.3) is 11.4 Å². The number of ketones is 1. The quantitative estimate of drug-likeness (QED) is 0.396. The first-order valence-corrected chi connectivity index (χ1v) is 9.67. The Morgan fingerprint density at radius 3 is 2.37 bits per heavy atom. The standard InChI is InChI=1S/C22H24N4O4/c1-15(2)16-4-6-18(7-5-16)22-23-25-26(24-22)13-12-21(28)30-14-20(27)17-8-10-19(29-3)11-9-17/h4-11,15H,12-14H2,1-3H3. The summed E-state index contributed by atoms with van der Waals surface area (Å²) in [6.07, 6.45) is 0.0397. The van der Waals surface area contributed by atoms with E-state index in [2.05, 4.69) is 29.3 Å². The Balaban J connectivity index is 1.47. The monoisotopic (exact) mass is 408 g/mol. The summed E-state index contributed by atoms with van der Waals surface area (Å²) >= 11 is 0. The van der Waals surface area contributed by atoms with Crippen LogP contribution in [0.4, 0.5) is 0 Å². The Hall–Kier alpha value is -3.55. The van der Waals surface area contributed by atoms with Gasteiger partial charge in [0.2, 0.25) is 5.82 Å². The number of benzene rings is 2. The van der Waals surface area contributed by atoms with Gasteiger partial charge >= 0.3 is 5.97 Å². The molecule has 0 bridgehead atoms. The number of hydrogen-bond acceptors (Lipinski definition) is 7. The van der Waals surface area contributed by atoms with Crippen LogP contribution >= 0.6 is 0 Å². The topological polar surface area (TPSA) is 96.2 Å². The van der Waals surface area contributed by atoms with Gasteiger partial charge in [0, 0.05) is 11.1 Å². The summed E-state index contributed by atoms with van der Waals surface area (Å²) in [6, 6.07) is 14.6. The van der Waals surface area contributed by atoms with Gasteiger partial charge in [-0.15, -0.1) is 10.2 Å². The zero-order chi connectivity index (χ0) is 21.5. The molecule has 0 saturated heterocycles. The van der Waals surface area contributed by atoms with Gasteiger partial charge in [-0.3, -0.25) is 9.59 Å². The summed E-state index contributed by atoms with van der Waals surface area (Å²) in [7, 11) is 1.55. The van der Waals surface area contributed by atoms with E-state index in [0.717, 1.165) is 5.56 Å². The van der Waals surface area contributed by atoms with Crippen molar-refractivity contribution >= 4 is 11.8 Å². The second-order valence-electron chi connectivity index (χ2n) is 7.05. The van der Waals surface area contributed by atoms with Crippen LogP contribution in [-0.4, -0.2) is 45.7 Å². The van der Waals surface area contributed by atoms with Crippen molar-refractivity contribution in [2.75, 3.05) is 13.7 Å². The van der Waals surface area contributed by atoms with E-state index in [-0.39, 0.29) is 25.4 Å². The van der Waals surface area contributed by atoms with Crippen molar-refractivity contribution in [2.24, 2.45) is 0 Å². The van der Waals surface area contributed by atoms with Crippen LogP contribution in [-0.2, 0) is 16.1 Å². The molecule has 0 saturated carbocycles. The first-order chi connectivity index (χ1) is 14.5. The van der Waals surface area contributed by atoms with Gasteiger partial charge in [0.25, 0.3) is 0 Å². The Bertz CT molecular complexity index is 995. The molecule has 3 rings (SSSR count). The normalized spacial score (nSPS) is 10.8. The maximum Gasteiger partial charge on any atom is 0.308 e. The SMILES string of the molecule is COc1ccc(C(=O)COC(=O)CCn2nnc(-c3ccc(C(C)C)cc3)n2)cc1. The average molecular weight is 408 g/mol. The second-order valence-corrected chi connectivity index (χ2v) is 7.05. The summed E-state index contributed by atoms with van der Waals surface area (Å²) < 4.78 is 10.1. The van der Waals surface area contributed by atoms with Gasteiger partial charge in [0.1, 0.15) is 5.75 Å². The lowest BCUT2D eigenvalue weighted by atomic mass is 10.0. The first kappa shape index (κ1) is 21.2. The molecule has 0 N–H and O–H groups in total.